The van der Waals surface area contributed by atoms with Gasteiger partial charge in [-0.05, 0) is 12.1 Å². The molecular weight excluding hydrogens is 222 g/mol. The van der Waals surface area contributed by atoms with Crippen molar-refractivity contribution in [1.29, 1.82) is 0 Å². The highest BCUT2D eigenvalue weighted by molar-refractivity contribution is 5.91. The minimum Gasteiger partial charge on any atom is -0.345 e. The number of nitrogens with zero attached hydrogens (tertiary/aromatic N) is 3. The molecule has 2 aromatic rings. The van der Waals surface area contributed by atoms with Crippen molar-refractivity contribution < 1.29 is 4.79 Å². The van der Waals surface area contributed by atoms with Crippen LogP contribution < -0.4 is 10.9 Å². The Hall–Kier alpha value is -2.44. The van der Waals surface area contributed by atoms with Gasteiger partial charge in [0.25, 0.3) is 11.5 Å². The lowest BCUT2D eigenvalue weighted by molar-refractivity contribution is 0.0944. The highest BCUT2D eigenvalue weighted by atomic mass is 16.2. The maximum Gasteiger partial charge on any atom is 0.272 e. The van der Waals surface area contributed by atoms with Crippen molar-refractivity contribution in [3.63, 3.8) is 0 Å². The van der Waals surface area contributed by atoms with Crippen molar-refractivity contribution >= 4 is 5.91 Å². The number of aromatic nitrogens is 4. The summed E-state index contributed by atoms with van der Waals surface area (Å²) in [6.45, 7) is 0.320. The van der Waals surface area contributed by atoms with E-state index in [-0.39, 0.29) is 17.2 Å². The van der Waals surface area contributed by atoms with Gasteiger partial charge in [-0.15, -0.1) is 0 Å². The summed E-state index contributed by atoms with van der Waals surface area (Å²) in [4.78, 5) is 22.4. The molecule has 2 N–H and O–H groups in total. The van der Waals surface area contributed by atoms with Crippen LogP contribution in [0.5, 0.6) is 0 Å². The van der Waals surface area contributed by atoms with Crippen LogP contribution in [0.4, 0.5) is 0 Å². The molecule has 0 aliphatic rings. The van der Waals surface area contributed by atoms with E-state index < -0.39 is 0 Å². The summed E-state index contributed by atoms with van der Waals surface area (Å²) in [6, 6.07) is 4.43. The average Bonchev–Trinajstić information content (AvgIpc) is 2.73. The summed E-state index contributed by atoms with van der Waals surface area (Å²) in [6.07, 6.45) is 1.79. The Bertz CT molecular complexity index is 566. The second-order valence-corrected chi connectivity index (χ2v) is 3.47. The summed E-state index contributed by atoms with van der Waals surface area (Å²) in [5.74, 6) is -0.355. The molecular formula is C10H11N5O2. The van der Waals surface area contributed by atoms with Gasteiger partial charge < -0.3 is 5.32 Å². The molecule has 0 saturated heterocycles. The number of nitrogens with one attached hydrogen (secondary N) is 2. The van der Waals surface area contributed by atoms with Gasteiger partial charge in [-0.3, -0.25) is 14.3 Å². The van der Waals surface area contributed by atoms with Gasteiger partial charge in [0, 0.05) is 19.3 Å². The van der Waals surface area contributed by atoms with E-state index in [0.29, 0.717) is 6.54 Å². The second-order valence-electron chi connectivity index (χ2n) is 3.47. The molecule has 0 unspecified atom stereocenters. The van der Waals surface area contributed by atoms with Crippen LogP contribution in [0.3, 0.4) is 0 Å². The van der Waals surface area contributed by atoms with E-state index >= 15 is 0 Å². The predicted octanol–water partition coefficient (Wildman–Crippen LogP) is -0.567. The van der Waals surface area contributed by atoms with Crippen molar-refractivity contribution in [2.45, 2.75) is 6.54 Å². The number of hydrogen-bond donors (Lipinski definition) is 2. The Morgan fingerprint density at radius 3 is 2.88 bits per heavy atom. The molecule has 7 nitrogen and oxygen atoms in total. The predicted molar refractivity (Wildman–Crippen MR) is 59.2 cm³/mol. The summed E-state index contributed by atoms with van der Waals surface area (Å²) in [5, 5.41) is 12.6. The van der Waals surface area contributed by atoms with Gasteiger partial charge in [0.05, 0.1) is 12.2 Å². The lowest BCUT2D eigenvalue weighted by Crippen LogP contribution is -2.25. The third kappa shape index (κ3) is 2.77. The van der Waals surface area contributed by atoms with E-state index in [2.05, 4.69) is 20.6 Å². The smallest absolute Gasteiger partial charge is 0.272 e. The van der Waals surface area contributed by atoms with Crippen molar-refractivity contribution in [2.75, 3.05) is 0 Å². The molecule has 17 heavy (non-hydrogen) atoms. The zero-order valence-corrected chi connectivity index (χ0v) is 9.17. The van der Waals surface area contributed by atoms with Crippen LogP contribution in [0, 0.1) is 0 Å². The Balaban J connectivity index is 1.98. The van der Waals surface area contributed by atoms with Crippen LogP contribution in [0.1, 0.15) is 16.2 Å². The summed E-state index contributed by atoms with van der Waals surface area (Å²) < 4.78 is 1.65. The van der Waals surface area contributed by atoms with Crippen LogP contribution in [-0.2, 0) is 13.6 Å². The van der Waals surface area contributed by atoms with Gasteiger partial charge >= 0.3 is 0 Å². The SMILES string of the molecule is Cn1ccc(CNC(=O)c2ccc(=O)[nH]n2)n1. The Morgan fingerprint density at radius 2 is 2.29 bits per heavy atom. The summed E-state index contributed by atoms with van der Waals surface area (Å²) in [5.41, 5.74) is 0.581. The number of H-pyrrole nitrogens is 1. The molecule has 1 amide bonds. The lowest BCUT2D eigenvalue weighted by Gasteiger charge is -2.01. The van der Waals surface area contributed by atoms with E-state index in [1.807, 2.05) is 0 Å². The first-order chi connectivity index (χ1) is 8.15. The van der Waals surface area contributed by atoms with Crippen LogP contribution >= 0.6 is 0 Å². The number of rotatable bonds is 3. The number of aryl methyl sites for hydroxylation is 1. The van der Waals surface area contributed by atoms with E-state index in [9.17, 15) is 9.59 Å². The number of amides is 1. The van der Waals surface area contributed by atoms with Crippen LogP contribution in [0.15, 0.2) is 29.2 Å². The molecule has 88 valence electrons. The molecule has 0 saturated carbocycles. The minimum atomic E-state index is -0.355. The van der Waals surface area contributed by atoms with Crippen molar-refractivity contribution in [1.82, 2.24) is 25.3 Å². The van der Waals surface area contributed by atoms with Gasteiger partial charge in [-0.25, -0.2) is 5.10 Å². The number of aromatic amines is 1. The fourth-order valence-electron chi connectivity index (χ4n) is 1.29. The van der Waals surface area contributed by atoms with Crippen LogP contribution in [-0.4, -0.2) is 25.9 Å². The van der Waals surface area contributed by atoms with E-state index in [1.165, 1.54) is 12.1 Å². The second kappa shape index (κ2) is 4.60. The lowest BCUT2D eigenvalue weighted by atomic mass is 10.3. The molecule has 0 spiro atoms. The maximum absolute atomic E-state index is 11.6. The standard InChI is InChI=1S/C10H11N5O2/c1-15-5-4-7(14-15)6-11-10(17)8-2-3-9(16)13-12-8/h2-5H,6H2,1H3,(H,11,17)(H,13,16). The van der Waals surface area contributed by atoms with Crippen LogP contribution in [0.25, 0.3) is 0 Å². The fraction of sp³-hybridized carbons (Fsp3) is 0.200. The Kier molecular flexibility index (Phi) is 2.99. The molecule has 0 aliphatic carbocycles. The molecule has 2 rings (SSSR count). The molecule has 0 aromatic carbocycles. The monoisotopic (exact) mass is 233 g/mol. The highest BCUT2D eigenvalue weighted by Gasteiger charge is 2.07. The van der Waals surface area contributed by atoms with Gasteiger partial charge in [-0.1, -0.05) is 0 Å². The van der Waals surface area contributed by atoms with Gasteiger partial charge in [0.15, 0.2) is 0 Å². The molecule has 0 bridgehead atoms. The third-order valence-electron chi connectivity index (χ3n) is 2.11. The molecule has 0 atom stereocenters. The van der Waals surface area contributed by atoms with Crippen molar-refractivity contribution in [3.05, 3.63) is 46.1 Å². The molecule has 0 fully saturated rings. The zero-order valence-electron chi connectivity index (χ0n) is 9.17. The topological polar surface area (TPSA) is 92.7 Å². The largest absolute Gasteiger partial charge is 0.345 e. The van der Waals surface area contributed by atoms with Gasteiger partial charge in [0.1, 0.15) is 5.69 Å². The number of hydrogen-bond acceptors (Lipinski definition) is 4. The Labute approximate surface area is 96.5 Å². The van der Waals surface area contributed by atoms with Gasteiger partial charge in [0.2, 0.25) is 0 Å². The average molecular weight is 233 g/mol. The normalized spacial score (nSPS) is 10.2. The number of carbonyl (C=O) groups excluding carboxylic acids is 1. The summed E-state index contributed by atoms with van der Waals surface area (Å²) >= 11 is 0. The van der Waals surface area contributed by atoms with Crippen LogP contribution in [0.2, 0.25) is 0 Å². The maximum atomic E-state index is 11.6. The molecule has 7 heteroatoms. The van der Waals surface area contributed by atoms with E-state index in [0.717, 1.165) is 5.69 Å². The zero-order chi connectivity index (χ0) is 12.3. The first-order valence-corrected chi connectivity index (χ1v) is 4.97. The quantitative estimate of drug-likeness (QED) is 0.742. The first kappa shape index (κ1) is 11.1. The molecule has 0 radical (unpaired) electrons. The number of carbonyl (C=O) groups is 1. The first-order valence-electron chi connectivity index (χ1n) is 4.97. The van der Waals surface area contributed by atoms with Crippen molar-refractivity contribution in [2.24, 2.45) is 7.05 Å². The summed E-state index contributed by atoms with van der Waals surface area (Å²) in [7, 11) is 1.80. The van der Waals surface area contributed by atoms with E-state index in [4.69, 9.17) is 0 Å². The Morgan fingerprint density at radius 1 is 1.47 bits per heavy atom. The molecule has 0 aliphatic heterocycles. The third-order valence-corrected chi connectivity index (χ3v) is 2.11. The van der Waals surface area contributed by atoms with E-state index in [1.54, 1.807) is 24.0 Å². The molecule has 2 aromatic heterocycles. The fourth-order valence-corrected chi connectivity index (χ4v) is 1.29. The highest BCUT2D eigenvalue weighted by Crippen LogP contribution is 1.95. The minimum absolute atomic E-state index is 0.167. The molecule has 2 heterocycles. The van der Waals surface area contributed by atoms with Gasteiger partial charge in [-0.2, -0.15) is 10.2 Å². The van der Waals surface area contributed by atoms with Crippen molar-refractivity contribution in [3.8, 4) is 0 Å².